The molecule has 2 amide bonds. The number of phenolic OH excluding ortho intramolecular Hbond substituents is 1. The van der Waals surface area contributed by atoms with Gasteiger partial charge < -0.3 is 54.4 Å². The molecule has 21 heteroatoms. The summed E-state index contributed by atoms with van der Waals surface area (Å²) in [6.45, 7) is 15.0. The number of anilines is 3. The highest BCUT2D eigenvalue weighted by Gasteiger charge is 2.44. The summed E-state index contributed by atoms with van der Waals surface area (Å²) in [5.74, 6) is 0.737. The number of nitrogens with zero attached hydrogens (tertiary/aromatic N) is 11. The lowest BCUT2D eigenvalue weighted by molar-refractivity contribution is -0.141. The molecule has 4 fully saturated rings. The summed E-state index contributed by atoms with van der Waals surface area (Å²) >= 11 is 0. The van der Waals surface area contributed by atoms with Gasteiger partial charge in [-0.05, 0) is 73.7 Å². The molecule has 2 bridgehead atoms. The number of nitrogen functional groups attached to an aromatic ring is 1. The van der Waals surface area contributed by atoms with Crippen molar-refractivity contribution in [2.75, 3.05) is 87.7 Å². The SMILES string of the molecule is Cc1ncoc1-c1ccc([C@H](C)NC(=O)[C@@H]2C[C@@H](O)CN2C(=O)[C@H](c2cc(OCCN3CCN(CCOc4cc(N5C6CCC5CN(c5cc(-c7ccccc7O)nnc5N)C6)ccn4)CC3)no2)C(C)C)cn1. The van der Waals surface area contributed by atoms with E-state index in [4.69, 9.17) is 24.1 Å². The van der Waals surface area contributed by atoms with E-state index in [1.807, 2.05) is 64.2 Å². The third-order valence-electron chi connectivity index (χ3n) is 14.8. The molecule has 0 saturated carbocycles. The van der Waals surface area contributed by atoms with Crippen LogP contribution in [0.1, 0.15) is 69.0 Å². The van der Waals surface area contributed by atoms with E-state index in [0.717, 1.165) is 81.3 Å². The van der Waals surface area contributed by atoms with E-state index in [-0.39, 0.29) is 54.4 Å². The molecule has 6 aromatic rings. The van der Waals surface area contributed by atoms with Crippen molar-refractivity contribution in [2.45, 2.75) is 83.1 Å². The van der Waals surface area contributed by atoms with Gasteiger partial charge in [-0.2, -0.15) is 0 Å². The van der Waals surface area contributed by atoms with Crippen LogP contribution in [0.25, 0.3) is 22.7 Å². The van der Waals surface area contributed by atoms with Crippen LogP contribution < -0.4 is 30.3 Å². The minimum atomic E-state index is -0.867. The number of ether oxygens (including phenoxy) is 2. The fourth-order valence-corrected chi connectivity index (χ4v) is 10.9. The molecule has 21 nitrogen and oxygen atoms in total. The molecule has 5 N–H and O–H groups in total. The number of nitrogens with two attached hydrogens (primary N) is 1. The predicted octanol–water partition coefficient (Wildman–Crippen LogP) is 4.68. The molecule has 4 aliphatic heterocycles. The number of phenols is 1. The maximum atomic E-state index is 14.2. The smallest absolute Gasteiger partial charge is 0.254 e. The number of rotatable bonds is 18. The van der Waals surface area contributed by atoms with Crippen LogP contribution in [0, 0.1) is 12.8 Å². The highest BCUT2D eigenvalue weighted by molar-refractivity contribution is 5.91. The molecule has 4 saturated heterocycles. The number of piperazine rings is 2. The van der Waals surface area contributed by atoms with Crippen molar-refractivity contribution in [3.05, 3.63) is 96.5 Å². The van der Waals surface area contributed by atoms with Gasteiger partial charge in [0.05, 0.1) is 29.2 Å². The third-order valence-corrected chi connectivity index (χ3v) is 14.8. The normalized spacial score (nSPS) is 21.0. The van der Waals surface area contributed by atoms with Gasteiger partial charge >= 0.3 is 0 Å². The quantitative estimate of drug-likeness (QED) is 0.0912. The number of aromatic nitrogens is 6. The Balaban J connectivity index is 0.655. The Morgan fingerprint density at radius 2 is 1.59 bits per heavy atom. The van der Waals surface area contributed by atoms with Gasteiger partial charge in [0.25, 0.3) is 5.88 Å². The van der Waals surface area contributed by atoms with Gasteiger partial charge in [0.2, 0.25) is 17.7 Å². The van der Waals surface area contributed by atoms with Gasteiger partial charge in [-0.1, -0.05) is 32.0 Å². The molecule has 6 atom stereocenters. The highest BCUT2D eigenvalue weighted by Crippen LogP contribution is 2.40. The first kappa shape index (κ1) is 50.2. The van der Waals surface area contributed by atoms with Crippen LogP contribution in [0.15, 0.2) is 88.4 Å². The van der Waals surface area contributed by atoms with E-state index in [0.29, 0.717) is 59.9 Å². The average molecular weight is 1010 g/mol. The highest BCUT2D eigenvalue weighted by atomic mass is 16.5. The number of hydrogen-bond donors (Lipinski definition) is 4. The zero-order chi connectivity index (χ0) is 51.5. The number of fused-ring (bicyclic) bond motifs is 2. The largest absolute Gasteiger partial charge is 0.507 e. The molecule has 74 heavy (non-hydrogen) atoms. The molecule has 10 rings (SSSR count). The van der Waals surface area contributed by atoms with E-state index >= 15 is 0 Å². The number of para-hydroxylation sites is 1. The summed E-state index contributed by atoms with van der Waals surface area (Å²) in [6, 6.07) is 17.8. The molecule has 2 unspecified atom stereocenters. The monoisotopic (exact) mass is 1010 g/mol. The minimum Gasteiger partial charge on any atom is -0.507 e. The van der Waals surface area contributed by atoms with Crippen molar-refractivity contribution in [1.29, 1.82) is 0 Å². The Bertz CT molecular complexity index is 2880. The van der Waals surface area contributed by atoms with Crippen LogP contribution in [0.2, 0.25) is 0 Å². The summed E-state index contributed by atoms with van der Waals surface area (Å²) < 4.78 is 23.4. The van der Waals surface area contributed by atoms with Crippen LogP contribution in [-0.2, 0) is 9.59 Å². The molecule has 0 aliphatic carbocycles. The number of carbonyl (C=O) groups is 2. The van der Waals surface area contributed by atoms with Crippen LogP contribution in [0.3, 0.4) is 0 Å². The molecule has 0 radical (unpaired) electrons. The van der Waals surface area contributed by atoms with E-state index in [1.165, 1.54) is 11.3 Å². The molecule has 5 aromatic heterocycles. The number of aliphatic hydroxyl groups excluding tert-OH is 1. The molecule has 9 heterocycles. The van der Waals surface area contributed by atoms with Crippen molar-refractivity contribution in [1.82, 2.24) is 50.3 Å². The molecule has 1 aromatic carbocycles. The lowest BCUT2D eigenvalue weighted by atomic mass is 9.91. The predicted molar refractivity (Wildman–Crippen MR) is 274 cm³/mol. The maximum absolute atomic E-state index is 14.2. The number of aliphatic hydroxyl groups is 1. The summed E-state index contributed by atoms with van der Waals surface area (Å²) in [5, 5.41) is 36.8. The summed E-state index contributed by atoms with van der Waals surface area (Å²) in [5.41, 5.74) is 11.7. The molecule has 0 spiro atoms. The molecule has 4 aliphatic rings. The van der Waals surface area contributed by atoms with Crippen LogP contribution in [-0.4, -0.2) is 163 Å². The zero-order valence-electron chi connectivity index (χ0n) is 42.3. The Morgan fingerprint density at radius 3 is 2.27 bits per heavy atom. The lowest BCUT2D eigenvalue weighted by Crippen LogP contribution is -2.54. The summed E-state index contributed by atoms with van der Waals surface area (Å²) in [4.78, 5) is 52.1. The summed E-state index contributed by atoms with van der Waals surface area (Å²) in [6.07, 6.45) is 6.26. The topological polar surface area (TPSA) is 251 Å². The maximum Gasteiger partial charge on any atom is 0.254 e. The number of amides is 2. The second kappa shape index (κ2) is 22.0. The van der Waals surface area contributed by atoms with Gasteiger partial charge in [0, 0.05) is 113 Å². The first-order chi connectivity index (χ1) is 35.9. The number of carbonyl (C=O) groups excluding carboxylic acids is 2. The van der Waals surface area contributed by atoms with Crippen molar-refractivity contribution in [3.8, 4) is 40.2 Å². The van der Waals surface area contributed by atoms with Crippen molar-refractivity contribution in [2.24, 2.45) is 5.92 Å². The number of likely N-dealkylation sites (tertiary alicyclic amines) is 1. The number of aromatic hydroxyl groups is 1. The van der Waals surface area contributed by atoms with Crippen LogP contribution in [0.5, 0.6) is 17.5 Å². The number of benzene rings is 1. The second-order valence-electron chi connectivity index (χ2n) is 20.1. The molecular weight excluding hydrogens is 947 g/mol. The van der Waals surface area contributed by atoms with E-state index in [1.54, 1.807) is 24.4 Å². The fraction of sp³-hybridized carbons (Fsp3) is 0.472. The number of pyridine rings is 2. The van der Waals surface area contributed by atoms with E-state index < -0.39 is 24.1 Å². The van der Waals surface area contributed by atoms with Gasteiger partial charge in [-0.25, -0.2) is 9.97 Å². The van der Waals surface area contributed by atoms with E-state index in [2.05, 4.69) is 67.4 Å². The Hall–Kier alpha value is -7.36. The first-order valence-electron chi connectivity index (χ1n) is 25.6. The van der Waals surface area contributed by atoms with Gasteiger partial charge in [0.1, 0.15) is 36.6 Å². The number of hydrogen-bond acceptors (Lipinski definition) is 19. The molecule has 390 valence electrons. The average Bonchev–Trinajstić information content (AvgIpc) is 4.20. The molecular formula is C53H65N13O8. The number of β-amino-alcohol motifs (C(OH)–C–C–N with tert-alkyl or cyclic N) is 1. The number of oxazole rings is 1. The number of aryl methyl sites for hydroxylation is 1. The Labute approximate surface area is 429 Å². The van der Waals surface area contributed by atoms with Crippen molar-refractivity contribution >= 4 is 29.0 Å². The Kier molecular flexibility index (Phi) is 14.9. The Morgan fingerprint density at radius 1 is 0.865 bits per heavy atom. The fourth-order valence-electron chi connectivity index (χ4n) is 10.9. The standard InChI is InChI=1S/C53H65N13O8/c1-32(2)49(53(70)65-30-39(67)24-44(65)52(69)58-33(3)35-9-12-41(56-27-35)50-34(4)57-31-73-50)46-26-48(61-74-46)72-22-20-63-17-15-62(16-18-63)19-21-71-47-23-36(13-14-55-47)66-37-10-11-38(66)29-64(28-37)43-25-42(59-60-51(43)54)40-7-5-6-8-45(40)68/h5-9,12-14,23,25-27,31-33,37-39,44,49,67-68H,10-11,15-22,24,28-30H2,1-4H3,(H2,54,60)(H,58,69)/t33-,37?,38?,39+,44-,49-/m0/s1. The first-order valence-corrected chi connectivity index (χ1v) is 25.6. The van der Waals surface area contributed by atoms with Gasteiger partial charge in [-0.3, -0.25) is 24.4 Å². The number of nitrogens with one attached hydrogen (secondary N) is 1. The lowest BCUT2D eigenvalue weighted by Gasteiger charge is -2.43. The summed E-state index contributed by atoms with van der Waals surface area (Å²) in [7, 11) is 0. The van der Waals surface area contributed by atoms with Crippen LogP contribution >= 0.6 is 0 Å². The minimum absolute atomic E-state index is 0.0280. The zero-order valence-corrected chi connectivity index (χ0v) is 42.3. The van der Waals surface area contributed by atoms with Crippen LogP contribution in [0.4, 0.5) is 17.2 Å². The van der Waals surface area contributed by atoms with Gasteiger partial charge in [-0.15, -0.1) is 10.2 Å². The van der Waals surface area contributed by atoms with Crippen molar-refractivity contribution in [3.63, 3.8) is 0 Å². The van der Waals surface area contributed by atoms with Gasteiger partial charge in [0.15, 0.2) is 23.7 Å². The second-order valence-corrected chi connectivity index (χ2v) is 20.1. The van der Waals surface area contributed by atoms with Crippen molar-refractivity contribution < 1.29 is 38.2 Å². The third kappa shape index (κ3) is 10.9. The van der Waals surface area contributed by atoms with E-state index in [9.17, 15) is 19.8 Å².